The molecule has 2 fully saturated rings. The highest BCUT2D eigenvalue weighted by atomic mass is 16.2. The van der Waals surface area contributed by atoms with E-state index in [-0.39, 0.29) is 17.9 Å². The quantitative estimate of drug-likeness (QED) is 0.428. The molecule has 5 nitrogen and oxygen atoms in total. The van der Waals surface area contributed by atoms with Crippen molar-refractivity contribution in [2.75, 3.05) is 19.6 Å². The first-order valence-corrected chi connectivity index (χ1v) is 7.04. The molecule has 0 saturated carbocycles. The second-order valence-corrected chi connectivity index (χ2v) is 5.87. The Morgan fingerprint density at radius 1 is 1.39 bits per heavy atom. The molecule has 3 N–H and O–H groups in total. The fourth-order valence-electron chi connectivity index (χ4n) is 3.42. The normalized spacial score (nSPS) is 32.9. The molecule has 18 heavy (non-hydrogen) atoms. The van der Waals surface area contributed by atoms with Crippen LogP contribution in [0.4, 0.5) is 0 Å². The molecule has 0 aromatic carbocycles. The number of piperazine rings is 1. The lowest BCUT2D eigenvalue weighted by Gasteiger charge is -2.46. The summed E-state index contributed by atoms with van der Waals surface area (Å²) >= 11 is 0. The van der Waals surface area contributed by atoms with Crippen LogP contribution in [0.1, 0.15) is 33.6 Å². The number of nitrogens with one attached hydrogen (secondary N) is 1. The van der Waals surface area contributed by atoms with Crippen LogP contribution in [0.15, 0.2) is 0 Å². The molecular weight excluding hydrogens is 228 g/mol. The predicted molar refractivity (Wildman–Crippen MR) is 71.7 cm³/mol. The maximum absolute atomic E-state index is 11.7. The second-order valence-electron chi connectivity index (χ2n) is 5.87. The van der Waals surface area contributed by atoms with Gasteiger partial charge in [-0.25, -0.2) is 5.84 Å². The summed E-state index contributed by atoms with van der Waals surface area (Å²) in [6.45, 7) is 9.83. The molecule has 4 unspecified atom stereocenters. The van der Waals surface area contributed by atoms with Crippen molar-refractivity contribution < 1.29 is 4.79 Å². The van der Waals surface area contributed by atoms with Gasteiger partial charge in [-0.2, -0.15) is 0 Å². The summed E-state index contributed by atoms with van der Waals surface area (Å²) in [4.78, 5) is 16.7. The maximum atomic E-state index is 11.7. The number of nitrogens with zero attached hydrogens (tertiary/aromatic N) is 2. The van der Waals surface area contributed by atoms with Crippen LogP contribution in [0.25, 0.3) is 0 Å². The highest BCUT2D eigenvalue weighted by Gasteiger charge is 2.38. The highest BCUT2D eigenvalue weighted by Crippen LogP contribution is 2.27. The molecule has 0 aromatic heterocycles. The minimum absolute atomic E-state index is 0.0644. The molecule has 0 aliphatic carbocycles. The van der Waals surface area contributed by atoms with Gasteiger partial charge in [-0.1, -0.05) is 6.92 Å². The first-order chi connectivity index (χ1) is 8.54. The summed E-state index contributed by atoms with van der Waals surface area (Å²) < 4.78 is 0. The summed E-state index contributed by atoms with van der Waals surface area (Å²) in [7, 11) is 0. The minimum Gasteiger partial charge on any atom is -0.298 e. The number of hydrazine groups is 1. The number of nitrogens with two attached hydrogens (primary N) is 1. The van der Waals surface area contributed by atoms with Crippen molar-refractivity contribution in [1.29, 1.82) is 0 Å². The molecule has 2 rings (SSSR count). The second kappa shape index (κ2) is 5.55. The Labute approximate surface area is 110 Å². The average molecular weight is 254 g/mol. The van der Waals surface area contributed by atoms with Crippen LogP contribution in [-0.2, 0) is 4.79 Å². The van der Waals surface area contributed by atoms with E-state index in [1.54, 1.807) is 0 Å². The van der Waals surface area contributed by atoms with Crippen molar-refractivity contribution in [2.24, 2.45) is 11.8 Å². The Kier molecular flexibility index (Phi) is 4.25. The fourth-order valence-corrected chi connectivity index (χ4v) is 3.42. The van der Waals surface area contributed by atoms with Crippen LogP contribution in [0.2, 0.25) is 0 Å². The van der Waals surface area contributed by atoms with Gasteiger partial charge in [0.1, 0.15) is 0 Å². The third-order valence-electron chi connectivity index (χ3n) is 4.79. The number of rotatable bonds is 3. The van der Waals surface area contributed by atoms with Crippen molar-refractivity contribution in [2.45, 2.75) is 51.7 Å². The zero-order chi connectivity index (χ0) is 13.3. The van der Waals surface area contributed by atoms with Crippen LogP contribution in [0.3, 0.4) is 0 Å². The van der Waals surface area contributed by atoms with Crippen molar-refractivity contribution in [3.8, 4) is 0 Å². The molecule has 1 amide bonds. The zero-order valence-electron chi connectivity index (χ0n) is 11.7. The molecule has 5 heteroatoms. The topological polar surface area (TPSA) is 61.6 Å². The standard InChI is InChI=1S/C13H26N4O/c1-9-7-16-6-4-5-12(16)8-17(9)11(3)10(2)13(18)15-14/h9-12H,4-8,14H2,1-3H3,(H,15,18). The lowest BCUT2D eigenvalue weighted by molar-refractivity contribution is -0.127. The summed E-state index contributed by atoms with van der Waals surface area (Å²) in [6, 6.07) is 1.45. The highest BCUT2D eigenvalue weighted by molar-refractivity contribution is 5.78. The lowest BCUT2D eigenvalue weighted by atomic mass is 9.97. The number of fused-ring (bicyclic) bond motifs is 1. The molecule has 0 bridgehead atoms. The van der Waals surface area contributed by atoms with Crippen LogP contribution in [0.5, 0.6) is 0 Å². The summed E-state index contributed by atoms with van der Waals surface area (Å²) in [6.07, 6.45) is 2.62. The molecule has 2 aliphatic heterocycles. The van der Waals surface area contributed by atoms with Crippen molar-refractivity contribution in [1.82, 2.24) is 15.2 Å². The number of hydrogen-bond acceptors (Lipinski definition) is 4. The van der Waals surface area contributed by atoms with E-state index in [2.05, 4.69) is 29.1 Å². The molecule has 0 aromatic rings. The van der Waals surface area contributed by atoms with Gasteiger partial charge in [-0.05, 0) is 33.2 Å². The van der Waals surface area contributed by atoms with E-state index in [1.165, 1.54) is 19.4 Å². The Morgan fingerprint density at radius 3 is 2.78 bits per heavy atom. The zero-order valence-corrected chi connectivity index (χ0v) is 11.7. The van der Waals surface area contributed by atoms with Crippen molar-refractivity contribution in [3.63, 3.8) is 0 Å². The third kappa shape index (κ3) is 2.53. The Bertz CT molecular complexity index is 309. The van der Waals surface area contributed by atoms with Crippen LogP contribution >= 0.6 is 0 Å². The van der Waals surface area contributed by atoms with E-state index in [9.17, 15) is 4.79 Å². The van der Waals surface area contributed by atoms with E-state index in [0.717, 1.165) is 13.1 Å². The fraction of sp³-hybridized carbons (Fsp3) is 0.923. The molecule has 2 heterocycles. The summed E-state index contributed by atoms with van der Waals surface area (Å²) in [5.41, 5.74) is 2.27. The van der Waals surface area contributed by atoms with Gasteiger partial charge in [0, 0.05) is 31.2 Å². The van der Waals surface area contributed by atoms with Gasteiger partial charge in [0.2, 0.25) is 5.91 Å². The van der Waals surface area contributed by atoms with E-state index in [1.807, 2.05) is 6.92 Å². The SMILES string of the molecule is CC(C(=O)NN)C(C)N1CC2CCCN2CC1C. The third-order valence-corrected chi connectivity index (χ3v) is 4.79. The van der Waals surface area contributed by atoms with Crippen LogP contribution in [0, 0.1) is 5.92 Å². The Morgan fingerprint density at radius 2 is 2.11 bits per heavy atom. The molecule has 2 saturated heterocycles. The number of hydrogen-bond donors (Lipinski definition) is 2. The van der Waals surface area contributed by atoms with Crippen molar-refractivity contribution in [3.05, 3.63) is 0 Å². The lowest BCUT2D eigenvalue weighted by Crippen LogP contribution is -2.59. The minimum atomic E-state index is -0.0662. The van der Waals surface area contributed by atoms with E-state index in [4.69, 9.17) is 5.84 Å². The first kappa shape index (κ1) is 13.8. The van der Waals surface area contributed by atoms with Gasteiger partial charge in [0.05, 0.1) is 5.92 Å². The molecule has 104 valence electrons. The largest absolute Gasteiger partial charge is 0.298 e. The smallest absolute Gasteiger partial charge is 0.238 e. The Balaban J connectivity index is 2.01. The molecular formula is C13H26N4O. The summed E-state index contributed by atoms with van der Waals surface area (Å²) in [5.74, 6) is 5.10. The van der Waals surface area contributed by atoms with Gasteiger partial charge in [-0.3, -0.25) is 20.0 Å². The van der Waals surface area contributed by atoms with E-state index >= 15 is 0 Å². The summed E-state index contributed by atoms with van der Waals surface area (Å²) in [5, 5.41) is 0. The van der Waals surface area contributed by atoms with E-state index < -0.39 is 0 Å². The molecule has 2 aliphatic rings. The van der Waals surface area contributed by atoms with Gasteiger partial charge < -0.3 is 0 Å². The molecule has 0 radical (unpaired) electrons. The first-order valence-electron chi connectivity index (χ1n) is 7.04. The van der Waals surface area contributed by atoms with Crippen molar-refractivity contribution >= 4 is 5.91 Å². The number of amides is 1. The van der Waals surface area contributed by atoms with E-state index in [0.29, 0.717) is 12.1 Å². The van der Waals surface area contributed by atoms with Gasteiger partial charge >= 0.3 is 0 Å². The average Bonchev–Trinajstić information content (AvgIpc) is 2.82. The molecule has 4 atom stereocenters. The monoisotopic (exact) mass is 254 g/mol. The number of carbonyl (C=O) groups excluding carboxylic acids is 1. The van der Waals surface area contributed by atoms with Gasteiger partial charge in [0.25, 0.3) is 0 Å². The molecule has 0 spiro atoms. The van der Waals surface area contributed by atoms with Crippen LogP contribution < -0.4 is 11.3 Å². The van der Waals surface area contributed by atoms with Crippen LogP contribution in [-0.4, -0.2) is 53.5 Å². The predicted octanol–water partition coefficient (Wildman–Crippen LogP) is 0.169. The Hall–Kier alpha value is -0.650. The number of carbonyl (C=O) groups is 1. The maximum Gasteiger partial charge on any atom is 0.238 e. The van der Waals surface area contributed by atoms with Gasteiger partial charge in [-0.15, -0.1) is 0 Å². The van der Waals surface area contributed by atoms with Gasteiger partial charge in [0.15, 0.2) is 0 Å².